The predicted molar refractivity (Wildman–Crippen MR) is 76.6 cm³/mol. The second-order valence-electron chi connectivity index (χ2n) is 4.78. The van der Waals surface area contributed by atoms with Crippen molar-refractivity contribution in [1.82, 2.24) is 9.97 Å². The molecule has 0 unspecified atom stereocenters. The van der Waals surface area contributed by atoms with Crippen molar-refractivity contribution in [3.63, 3.8) is 0 Å². The number of alkyl halides is 3. The van der Waals surface area contributed by atoms with E-state index in [9.17, 15) is 13.2 Å². The molecule has 7 heteroatoms. The smallest absolute Gasteiger partial charge is 0.216 e. The number of hydrogen-bond donors (Lipinski definition) is 0. The third-order valence-electron chi connectivity index (χ3n) is 2.88. The molecular formula is C14H11Cl2F3N2. The number of halogens is 5. The number of benzene rings is 1. The number of rotatable bonds is 2. The Morgan fingerprint density at radius 3 is 2.10 bits per heavy atom. The average molecular weight is 335 g/mol. The fourth-order valence-corrected chi connectivity index (χ4v) is 2.68. The summed E-state index contributed by atoms with van der Waals surface area (Å²) in [6.45, 7) is 3.75. The molecule has 112 valence electrons. The molecule has 0 radical (unpaired) electrons. The molecule has 1 aromatic carbocycles. The van der Waals surface area contributed by atoms with Gasteiger partial charge in [-0.2, -0.15) is 13.2 Å². The van der Waals surface area contributed by atoms with Crippen LogP contribution in [0.5, 0.6) is 0 Å². The molecule has 2 nitrogen and oxygen atoms in total. The second-order valence-corrected chi connectivity index (χ2v) is 5.49. The van der Waals surface area contributed by atoms with Crippen LogP contribution in [-0.4, -0.2) is 9.97 Å². The van der Waals surface area contributed by atoms with Gasteiger partial charge in [-0.25, -0.2) is 9.97 Å². The fraction of sp³-hybridized carbons (Fsp3) is 0.286. The van der Waals surface area contributed by atoms with E-state index in [0.717, 1.165) is 12.1 Å². The Morgan fingerprint density at radius 1 is 1.05 bits per heavy atom. The van der Waals surface area contributed by atoms with Crippen LogP contribution in [0.25, 0.3) is 11.4 Å². The molecule has 0 spiro atoms. The molecular weight excluding hydrogens is 324 g/mol. The molecule has 0 saturated carbocycles. The lowest BCUT2D eigenvalue weighted by atomic mass is 10.1. The summed E-state index contributed by atoms with van der Waals surface area (Å²) in [5, 5.41) is 0.301. The predicted octanol–water partition coefficient (Wildman–Crippen LogP) is 5.59. The molecule has 1 aromatic heterocycles. The first kappa shape index (κ1) is 16.0. The molecule has 0 fully saturated rings. The van der Waals surface area contributed by atoms with Gasteiger partial charge < -0.3 is 0 Å². The van der Waals surface area contributed by atoms with E-state index in [0.29, 0.717) is 5.56 Å². The Morgan fingerprint density at radius 2 is 1.62 bits per heavy atom. The highest BCUT2D eigenvalue weighted by Gasteiger charge is 2.30. The molecule has 1 heterocycles. The van der Waals surface area contributed by atoms with Crippen molar-refractivity contribution in [2.24, 2.45) is 0 Å². The summed E-state index contributed by atoms with van der Waals surface area (Å²) in [7, 11) is 0. The van der Waals surface area contributed by atoms with Gasteiger partial charge >= 0.3 is 6.18 Å². The normalized spacial score (nSPS) is 12.0. The van der Waals surface area contributed by atoms with E-state index in [-0.39, 0.29) is 27.6 Å². The molecule has 0 atom stereocenters. The van der Waals surface area contributed by atoms with Gasteiger partial charge in [0.05, 0.1) is 5.56 Å². The van der Waals surface area contributed by atoms with Crippen molar-refractivity contribution < 1.29 is 13.2 Å². The summed E-state index contributed by atoms with van der Waals surface area (Å²) >= 11 is 12.1. The zero-order valence-electron chi connectivity index (χ0n) is 11.2. The second kappa shape index (κ2) is 5.81. The van der Waals surface area contributed by atoms with Crippen molar-refractivity contribution in [3.05, 3.63) is 45.7 Å². The maximum Gasteiger partial charge on any atom is 0.416 e. The van der Waals surface area contributed by atoms with E-state index >= 15 is 0 Å². The van der Waals surface area contributed by atoms with Crippen LogP contribution in [0, 0.1) is 0 Å². The monoisotopic (exact) mass is 334 g/mol. The van der Waals surface area contributed by atoms with Gasteiger partial charge in [-0.05, 0) is 18.1 Å². The highest BCUT2D eigenvalue weighted by molar-refractivity contribution is 6.34. The molecule has 0 N–H and O–H groups in total. The van der Waals surface area contributed by atoms with Crippen LogP contribution >= 0.6 is 23.2 Å². The first-order valence-corrected chi connectivity index (χ1v) is 6.86. The van der Waals surface area contributed by atoms with Gasteiger partial charge in [0.2, 0.25) is 0 Å². The average Bonchev–Trinajstić information content (AvgIpc) is 2.36. The van der Waals surface area contributed by atoms with E-state index in [1.54, 1.807) is 0 Å². The maximum absolute atomic E-state index is 12.7. The Labute approximate surface area is 129 Å². The molecule has 2 aromatic rings. The summed E-state index contributed by atoms with van der Waals surface area (Å²) < 4.78 is 38.2. The lowest BCUT2D eigenvalue weighted by molar-refractivity contribution is -0.137. The van der Waals surface area contributed by atoms with Crippen LogP contribution in [0.15, 0.2) is 24.3 Å². The summed E-state index contributed by atoms with van der Waals surface area (Å²) in [6, 6.07) is 4.72. The van der Waals surface area contributed by atoms with E-state index < -0.39 is 11.7 Å². The summed E-state index contributed by atoms with van der Waals surface area (Å²) in [6.07, 6.45) is -4.43. The van der Waals surface area contributed by atoms with E-state index in [4.69, 9.17) is 23.2 Å². The maximum atomic E-state index is 12.7. The highest BCUT2D eigenvalue weighted by atomic mass is 35.5. The lowest BCUT2D eigenvalue weighted by Crippen LogP contribution is -2.05. The van der Waals surface area contributed by atoms with Crippen molar-refractivity contribution in [2.45, 2.75) is 25.9 Å². The van der Waals surface area contributed by atoms with E-state index in [1.165, 1.54) is 12.1 Å². The van der Waals surface area contributed by atoms with Gasteiger partial charge in [-0.3, -0.25) is 0 Å². The summed E-state index contributed by atoms with van der Waals surface area (Å²) in [5.41, 5.74) is 0.0155. The van der Waals surface area contributed by atoms with Gasteiger partial charge in [-0.15, -0.1) is 0 Å². The number of aromatic nitrogens is 2. The van der Waals surface area contributed by atoms with Crippen LogP contribution in [0.3, 0.4) is 0 Å². The summed E-state index contributed by atoms with van der Waals surface area (Å²) in [5.74, 6) is 0.0843. The highest BCUT2D eigenvalue weighted by Crippen LogP contribution is 2.34. The van der Waals surface area contributed by atoms with Gasteiger partial charge in [0.15, 0.2) is 5.82 Å². The van der Waals surface area contributed by atoms with E-state index in [1.807, 2.05) is 13.8 Å². The molecule has 0 saturated heterocycles. The quantitative estimate of drug-likeness (QED) is 0.668. The van der Waals surface area contributed by atoms with Gasteiger partial charge in [-0.1, -0.05) is 49.2 Å². The third kappa shape index (κ3) is 3.47. The SMILES string of the molecule is CC(C)c1c(Cl)nc(-c2cccc(C(F)(F)F)c2)nc1Cl. The van der Waals surface area contributed by atoms with Crippen LogP contribution in [0.4, 0.5) is 13.2 Å². The van der Waals surface area contributed by atoms with Crippen LogP contribution < -0.4 is 0 Å². The Kier molecular flexibility index (Phi) is 4.44. The number of hydrogen-bond acceptors (Lipinski definition) is 2. The molecule has 0 aliphatic heterocycles. The van der Waals surface area contributed by atoms with Gasteiger partial charge in [0.1, 0.15) is 10.3 Å². The molecule has 2 rings (SSSR count). The minimum absolute atomic E-state index is 0.0144. The van der Waals surface area contributed by atoms with Crippen molar-refractivity contribution in [2.75, 3.05) is 0 Å². The van der Waals surface area contributed by atoms with Gasteiger partial charge in [0.25, 0.3) is 0 Å². The summed E-state index contributed by atoms with van der Waals surface area (Å²) in [4.78, 5) is 8.10. The third-order valence-corrected chi connectivity index (χ3v) is 3.45. The zero-order chi connectivity index (χ0) is 15.8. The molecule has 0 amide bonds. The van der Waals surface area contributed by atoms with Gasteiger partial charge in [0, 0.05) is 11.1 Å². The zero-order valence-corrected chi connectivity index (χ0v) is 12.7. The topological polar surface area (TPSA) is 25.8 Å². The van der Waals surface area contributed by atoms with Crippen molar-refractivity contribution >= 4 is 23.2 Å². The van der Waals surface area contributed by atoms with Crippen LogP contribution in [-0.2, 0) is 6.18 Å². The Bertz CT molecular complexity index is 647. The molecule has 0 bridgehead atoms. The van der Waals surface area contributed by atoms with Crippen molar-refractivity contribution in [3.8, 4) is 11.4 Å². The van der Waals surface area contributed by atoms with Crippen molar-refractivity contribution in [1.29, 1.82) is 0 Å². The largest absolute Gasteiger partial charge is 0.416 e. The van der Waals surface area contributed by atoms with E-state index in [2.05, 4.69) is 9.97 Å². The fourth-order valence-electron chi connectivity index (χ4n) is 1.86. The minimum Gasteiger partial charge on any atom is -0.216 e. The minimum atomic E-state index is -4.43. The standard InChI is InChI=1S/C14H11Cl2F3N2/c1-7(2)10-11(15)20-13(21-12(10)16)8-4-3-5-9(6-8)14(17,18)19/h3-7H,1-2H3. The lowest BCUT2D eigenvalue weighted by Gasteiger charge is -2.12. The first-order chi connectivity index (χ1) is 9.70. The molecule has 0 aliphatic rings. The molecule has 21 heavy (non-hydrogen) atoms. The molecule has 0 aliphatic carbocycles. The first-order valence-electron chi connectivity index (χ1n) is 6.10. The Hall–Kier alpha value is -1.33. The number of nitrogens with zero attached hydrogens (tertiary/aromatic N) is 2. The van der Waals surface area contributed by atoms with Crippen LogP contribution in [0.2, 0.25) is 10.3 Å². The Balaban J connectivity index is 2.53. The van der Waals surface area contributed by atoms with Crippen LogP contribution in [0.1, 0.15) is 30.9 Å².